The van der Waals surface area contributed by atoms with E-state index in [1.807, 2.05) is 0 Å². The normalized spacial score (nSPS) is 13.9. The van der Waals surface area contributed by atoms with Crippen LogP contribution in [0.1, 0.15) is 67.7 Å². The highest BCUT2D eigenvalue weighted by atomic mass is 35.5. The average Bonchev–Trinajstić information content (AvgIpc) is 2.40. The first kappa shape index (κ1) is 25.3. The quantitative estimate of drug-likeness (QED) is 0.274. The lowest BCUT2D eigenvalue weighted by atomic mass is 10.1. The van der Waals surface area contributed by atoms with Crippen molar-refractivity contribution in [1.82, 2.24) is 10.6 Å². The summed E-state index contributed by atoms with van der Waals surface area (Å²) in [5.74, 6) is -0.636. The van der Waals surface area contributed by atoms with Crippen molar-refractivity contribution in [2.45, 2.75) is 90.5 Å². The number of alkyl halides is 1. The van der Waals surface area contributed by atoms with Crippen LogP contribution in [0.4, 0.5) is 9.59 Å². The van der Waals surface area contributed by atoms with Gasteiger partial charge in [0.15, 0.2) is 5.56 Å². The first-order valence-electron chi connectivity index (χ1n) is 9.00. The molecule has 2 N–H and O–H groups in total. The number of esters is 1. The third-order valence-corrected chi connectivity index (χ3v) is 2.93. The summed E-state index contributed by atoms with van der Waals surface area (Å²) in [5, 5.41) is 5.14. The van der Waals surface area contributed by atoms with Crippen molar-refractivity contribution in [2.24, 2.45) is 0 Å². The number of hydrogen-bond donors (Lipinski definition) is 2. The molecule has 2 amide bonds. The van der Waals surface area contributed by atoms with Gasteiger partial charge < -0.3 is 24.8 Å². The zero-order chi connectivity index (χ0) is 21.3. The van der Waals surface area contributed by atoms with Crippen LogP contribution in [0.15, 0.2) is 0 Å². The lowest BCUT2D eigenvalue weighted by Gasteiger charge is -2.23. The van der Waals surface area contributed by atoms with E-state index in [0.717, 1.165) is 0 Å². The Labute approximate surface area is 166 Å². The fraction of sp³-hybridized carbons (Fsp3) is 0.833. The molecule has 0 saturated heterocycles. The van der Waals surface area contributed by atoms with E-state index in [4.69, 9.17) is 25.8 Å². The van der Waals surface area contributed by atoms with E-state index >= 15 is 0 Å². The Hall–Kier alpha value is -1.70. The van der Waals surface area contributed by atoms with Crippen LogP contribution in [0, 0.1) is 0 Å². The number of halogens is 1. The lowest BCUT2D eigenvalue weighted by molar-refractivity contribution is -0.147. The van der Waals surface area contributed by atoms with E-state index in [1.54, 1.807) is 41.5 Å². The summed E-state index contributed by atoms with van der Waals surface area (Å²) in [7, 11) is 0. The predicted octanol–water partition coefficient (Wildman–Crippen LogP) is 3.70. The van der Waals surface area contributed by atoms with Gasteiger partial charge in [-0.1, -0.05) is 11.6 Å². The highest BCUT2D eigenvalue weighted by Gasteiger charge is 2.26. The van der Waals surface area contributed by atoms with Gasteiger partial charge in [0, 0.05) is 6.54 Å². The second kappa shape index (κ2) is 11.2. The molecular weight excluding hydrogens is 376 g/mol. The molecule has 158 valence electrons. The standard InChI is InChI=1S/C18H33ClN2O6/c1-12(19)25-14(22)13(21-16(24)27-18(5,6)7)10-8-9-11-20-15(23)26-17(2,3)4/h12-13H,8-11H2,1-7H3,(H,20,23)(H,21,24)/t12?,13-/m0/s1. The van der Waals surface area contributed by atoms with Crippen molar-refractivity contribution in [3.05, 3.63) is 0 Å². The number of carbonyl (C=O) groups is 3. The number of carbonyl (C=O) groups excluding carboxylic acids is 3. The Morgan fingerprint density at radius 3 is 1.93 bits per heavy atom. The molecule has 0 heterocycles. The van der Waals surface area contributed by atoms with E-state index in [1.165, 1.54) is 6.92 Å². The number of nitrogens with one attached hydrogen (secondary N) is 2. The van der Waals surface area contributed by atoms with Crippen molar-refractivity contribution in [3.63, 3.8) is 0 Å². The summed E-state index contributed by atoms with van der Waals surface area (Å²) in [5.41, 5.74) is -2.06. The lowest BCUT2D eigenvalue weighted by Crippen LogP contribution is -2.44. The largest absolute Gasteiger partial charge is 0.445 e. The van der Waals surface area contributed by atoms with E-state index in [0.29, 0.717) is 25.8 Å². The van der Waals surface area contributed by atoms with Crippen molar-refractivity contribution in [2.75, 3.05) is 6.54 Å². The van der Waals surface area contributed by atoms with Crippen molar-refractivity contribution in [1.29, 1.82) is 0 Å². The molecule has 0 aromatic carbocycles. The van der Waals surface area contributed by atoms with E-state index in [-0.39, 0.29) is 0 Å². The first-order valence-corrected chi connectivity index (χ1v) is 9.44. The van der Waals surface area contributed by atoms with Crippen LogP contribution in [-0.4, -0.2) is 47.5 Å². The molecule has 0 saturated carbocycles. The number of ether oxygens (including phenoxy) is 3. The molecule has 0 bridgehead atoms. The summed E-state index contributed by atoms with van der Waals surface area (Å²) in [6, 6.07) is -0.887. The Morgan fingerprint density at radius 2 is 1.44 bits per heavy atom. The monoisotopic (exact) mass is 408 g/mol. The van der Waals surface area contributed by atoms with Crippen molar-refractivity contribution >= 4 is 29.8 Å². The van der Waals surface area contributed by atoms with Crippen LogP contribution in [0.2, 0.25) is 0 Å². The minimum atomic E-state index is -0.887. The molecular formula is C18H33ClN2O6. The molecule has 1 unspecified atom stereocenters. The second-order valence-corrected chi connectivity index (χ2v) is 8.72. The van der Waals surface area contributed by atoms with Gasteiger partial charge in [-0.25, -0.2) is 14.4 Å². The summed E-state index contributed by atoms with van der Waals surface area (Å²) >= 11 is 5.68. The molecule has 0 aliphatic carbocycles. The molecule has 0 rings (SSSR count). The molecule has 8 nitrogen and oxygen atoms in total. The third kappa shape index (κ3) is 15.1. The maximum atomic E-state index is 12.1. The number of rotatable bonds is 8. The van der Waals surface area contributed by atoms with Gasteiger partial charge in [0.05, 0.1) is 0 Å². The maximum absolute atomic E-state index is 12.1. The number of hydrogen-bond acceptors (Lipinski definition) is 6. The van der Waals surface area contributed by atoms with Crippen LogP contribution in [0.5, 0.6) is 0 Å². The fourth-order valence-corrected chi connectivity index (χ4v) is 2.01. The molecule has 0 aliphatic heterocycles. The zero-order valence-electron chi connectivity index (χ0n) is 17.3. The van der Waals surface area contributed by atoms with Gasteiger partial charge in [0.1, 0.15) is 17.2 Å². The average molecular weight is 409 g/mol. The maximum Gasteiger partial charge on any atom is 0.408 e. The molecule has 0 spiro atoms. The van der Waals surface area contributed by atoms with E-state index < -0.39 is 41.0 Å². The predicted molar refractivity (Wildman–Crippen MR) is 103 cm³/mol. The number of unbranched alkanes of at least 4 members (excludes halogenated alkanes) is 1. The molecule has 0 aromatic heterocycles. The van der Waals surface area contributed by atoms with Gasteiger partial charge in [-0.15, -0.1) is 0 Å². The molecule has 27 heavy (non-hydrogen) atoms. The Balaban J connectivity index is 4.45. The summed E-state index contributed by atoms with van der Waals surface area (Å²) in [6.45, 7) is 12.4. The van der Waals surface area contributed by atoms with Gasteiger partial charge in [-0.3, -0.25) is 0 Å². The van der Waals surface area contributed by atoms with Crippen LogP contribution < -0.4 is 10.6 Å². The Morgan fingerprint density at radius 1 is 0.926 bits per heavy atom. The molecule has 0 radical (unpaired) electrons. The zero-order valence-corrected chi connectivity index (χ0v) is 18.1. The Kier molecular flexibility index (Phi) is 10.5. The fourth-order valence-electron chi connectivity index (χ4n) is 1.92. The summed E-state index contributed by atoms with van der Waals surface area (Å²) in [4.78, 5) is 35.6. The summed E-state index contributed by atoms with van der Waals surface area (Å²) < 4.78 is 15.3. The van der Waals surface area contributed by atoms with E-state index in [9.17, 15) is 14.4 Å². The van der Waals surface area contributed by atoms with Gasteiger partial charge in [-0.2, -0.15) is 0 Å². The van der Waals surface area contributed by atoms with Crippen LogP contribution in [-0.2, 0) is 19.0 Å². The second-order valence-electron chi connectivity index (χ2n) is 8.10. The summed E-state index contributed by atoms with van der Waals surface area (Å²) in [6.07, 6.45) is 0.259. The minimum Gasteiger partial charge on any atom is -0.445 e. The van der Waals surface area contributed by atoms with Crippen LogP contribution >= 0.6 is 11.6 Å². The molecule has 2 atom stereocenters. The van der Waals surface area contributed by atoms with Gasteiger partial charge in [0.2, 0.25) is 0 Å². The van der Waals surface area contributed by atoms with Gasteiger partial charge >= 0.3 is 18.2 Å². The van der Waals surface area contributed by atoms with Crippen LogP contribution in [0.25, 0.3) is 0 Å². The number of amides is 2. The van der Waals surface area contributed by atoms with Gasteiger partial charge in [-0.05, 0) is 67.7 Å². The third-order valence-electron chi connectivity index (χ3n) is 2.84. The van der Waals surface area contributed by atoms with Crippen molar-refractivity contribution < 1.29 is 28.6 Å². The SMILES string of the molecule is CC(Cl)OC(=O)[C@H](CCCCNC(=O)OC(C)(C)C)NC(=O)OC(C)(C)C. The molecule has 0 fully saturated rings. The number of alkyl carbamates (subject to hydrolysis) is 2. The highest BCUT2D eigenvalue weighted by Crippen LogP contribution is 2.11. The smallest absolute Gasteiger partial charge is 0.408 e. The van der Waals surface area contributed by atoms with Crippen LogP contribution in [0.3, 0.4) is 0 Å². The Bertz CT molecular complexity index is 497. The highest BCUT2D eigenvalue weighted by molar-refractivity contribution is 6.20. The van der Waals surface area contributed by atoms with Crippen molar-refractivity contribution in [3.8, 4) is 0 Å². The molecule has 9 heteroatoms. The topological polar surface area (TPSA) is 103 Å². The minimum absolute atomic E-state index is 0.317. The molecule has 0 aromatic rings. The molecule has 0 aliphatic rings. The van der Waals surface area contributed by atoms with Gasteiger partial charge in [0.25, 0.3) is 0 Å². The first-order chi connectivity index (χ1) is 12.2. The van der Waals surface area contributed by atoms with E-state index in [2.05, 4.69) is 10.6 Å².